The fourth-order valence-corrected chi connectivity index (χ4v) is 2.55. The summed E-state index contributed by atoms with van der Waals surface area (Å²) in [7, 11) is 0. The third-order valence-corrected chi connectivity index (χ3v) is 3.30. The number of primary amides is 1. The van der Waals surface area contributed by atoms with Gasteiger partial charge in [0.05, 0.1) is 13.2 Å². The van der Waals surface area contributed by atoms with Crippen molar-refractivity contribution in [2.75, 3.05) is 19.7 Å². The molecule has 1 aliphatic heterocycles. The number of ether oxygens (including phenoxy) is 1. The molecule has 1 atom stereocenters. The number of rotatable bonds is 5. The molecular formula is C14H20N2O2. The molecule has 1 heterocycles. The molecule has 0 spiro atoms. The fraction of sp³-hybridized carbons (Fsp3) is 0.500. The van der Waals surface area contributed by atoms with Crippen LogP contribution in [0.2, 0.25) is 0 Å². The largest absolute Gasteiger partial charge is 0.494 e. The highest BCUT2D eigenvalue weighted by atomic mass is 16.5. The predicted octanol–water partition coefficient (Wildman–Crippen LogP) is 1.71. The molecule has 0 aliphatic carbocycles. The summed E-state index contributed by atoms with van der Waals surface area (Å²) in [5.74, 6) is 0.633. The number of nitrogens with two attached hydrogens (primary N) is 1. The van der Waals surface area contributed by atoms with E-state index >= 15 is 0 Å². The van der Waals surface area contributed by atoms with Crippen LogP contribution >= 0.6 is 0 Å². The maximum atomic E-state index is 11.0. The van der Waals surface area contributed by atoms with Gasteiger partial charge in [0.15, 0.2) is 0 Å². The van der Waals surface area contributed by atoms with Gasteiger partial charge in [0.2, 0.25) is 5.91 Å². The number of carbonyl (C=O) groups excluding carboxylic acids is 1. The highest BCUT2D eigenvalue weighted by molar-refractivity contribution is 5.76. The van der Waals surface area contributed by atoms with Crippen LogP contribution in [0.3, 0.4) is 0 Å². The van der Waals surface area contributed by atoms with E-state index in [2.05, 4.69) is 17.0 Å². The van der Waals surface area contributed by atoms with E-state index in [0.717, 1.165) is 25.1 Å². The zero-order valence-corrected chi connectivity index (χ0v) is 10.8. The molecule has 1 aromatic rings. The first kappa shape index (κ1) is 12.9. The van der Waals surface area contributed by atoms with Gasteiger partial charge in [-0.2, -0.15) is 0 Å². The van der Waals surface area contributed by atoms with Crippen LogP contribution < -0.4 is 10.5 Å². The van der Waals surface area contributed by atoms with Crippen LogP contribution in [0.15, 0.2) is 24.3 Å². The normalized spacial score (nSPS) is 19.9. The lowest BCUT2D eigenvalue weighted by atomic mass is 10.0. The molecule has 1 aliphatic rings. The Hall–Kier alpha value is -1.55. The smallest absolute Gasteiger partial charge is 0.231 e. The van der Waals surface area contributed by atoms with Crippen molar-refractivity contribution in [2.45, 2.75) is 25.8 Å². The molecule has 98 valence electrons. The summed E-state index contributed by atoms with van der Waals surface area (Å²) in [4.78, 5) is 13.2. The fourth-order valence-electron chi connectivity index (χ4n) is 2.55. The van der Waals surface area contributed by atoms with E-state index < -0.39 is 0 Å². The Kier molecular flexibility index (Phi) is 4.20. The molecule has 1 aromatic carbocycles. The van der Waals surface area contributed by atoms with Crippen LogP contribution in [-0.2, 0) is 4.79 Å². The van der Waals surface area contributed by atoms with Gasteiger partial charge in [-0.3, -0.25) is 9.69 Å². The topological polar surface area (TPSA) is 55.6 Å². The molecule has 2 N–H and O–H groups in total. The lowest BCUT2D eigenvalue weighted by Gasteiger charge is -2.23. The first-order valence-corrected chi connectivity index (χ1v) is 6.46. The summed E-state index contributed by atoms with van der Waals surface area (Å²) >= 11 is 0. The highest BCUT2D eigenvalue weighted by Gasteiger charge is 2.26. The average Bonchev–Trinajstić information content (AvgIpc) is 2.78. The molecule has 1 saturated heterocycles. The molecule has 1 fully saturated rings. The lowest BCUT2D eigenvalue weighted by molar-refractivity contribution is -0.119. The number of benzene rings is 1. The number of likely N-dealkylation sites (tertiary alicyclic amines) is 1. The van der Waals surface area contributed by atoms with Gasteiger partial charge in [-0.05, 0) is 44.0 Å². The lowest BCUT2D eigenvalue weighted by Crippen LogP contribution is -2.33. The van der Waals surface area contributed by atoms with E-state index in [1.807, 2.05) is 19.1 Å². The molecule has 0 unspecified atom stereocenters. The Morgan fingerprint density at radius 2 is 2.17 bits per heavy atom. The molecule has 0 aromatic heterocycles. The molecule has 0 radical (unpaired) electrons. The van der Waals surface area contributed by atoms with E-state index in [4.69, 9.17) is 10.5 Å². The maximum Gasteiger partial charge on any atom is 0.231 e. The Labute approximate surface area is 108 Å². The van der Waals surface area contributed by atoms with E-state index in [1.54, 1.807) is 0 Å². The molecule has 0 saturated carbocycles. The van der Waals surface area contributed by atoms with Crippen LogP contribution in [0.25, 0.3) is 0 Å². The number of amides is 1. The monoisotopic (exact) mass is 248 g/mol. The zero-order chi connectivity index (χ0) is 13.0. The summed E-state index contributed by atoms with van der Waals surface area (Å²) in [6.45, 7) is 3.94. The Balaban J connectivity index is 2.07. The number of hydrogen-bond donors (Lipinski definition) is 1. The number of nitrogens with zero attached hydrogens (tertiary/aromatic N) is 1. The van der Waals surface area contributed by atoms with Crippen molar-refractivity contribution in [3.05, 3.63) is 29.8 Å². The summed E-state index contributed by atoms with van der Waals surface area (Å²) in [5.41, 5.74) is 6.51. The summed E-state index contributed by atoms with van der Waals surface area (Å²) in [6.07, 6.45) is 2.20. The van der Waals surface area contributed by atoms with Gasteiger partial charge >= 0.3 is 0 Å². The second-order valence-corrected chi connectivity index (χ2v) is 4.60. The van der Waals surface area contributed by atoms with Crippen LogP contribution in [0.4, 0.5) is 0 Å². The van der Waals surface area contributed by atoms with Crippen LogP contribution in [-0.4, -0.2) is 30.5 Å². The molecule has 4 nitrogen and oxygen atoms in total. The summed E-state index contributed by atoms with van der Waals surface area (Å²) < 4.78 is 5.43. The third-order valence-electron chi connectivity index (χ3n) is 3.30. The molecule has 4 heteroatoms. The van der Waals surface area contributed by atoms with Crippen LogP contribution in [0.1, 0.15) is 31.4 Å². The Morgan fingerprint density at radius 1 is 1.44 bits per heavy atom. The standard InChI is InChI=1S/C14H20N2O2/c1-2-18-12-7-5-11(6-8-12)13-4-3-9-16(13)10-14(15)17/h5-8,13H,2-4,9-10H2,1H3,(H2,15,17)/t13-/m0/s1. The predicted molar refractivity (Wildman–Crippen MR) is 70.4 cm³/mol. The molecule has 0 bridgehead atoms. The first-order valence-electron chi connectivity index (χ1n) is 6.46. The van der Waals surface area contributed by atoms with Gasteiger partial charge in [0, 0.05) is 6.04 Å². The highest BCUT2D eigenvalue weighted by Crippen LogP contribution is 2.32. The Morgan fingerprint density at radius 3 is 2.78 bits per heavy atom. The minimum atomic E-state index is -0.257. The van der Waals surface area contributed by atoms with Crippen molar-refractivity contribution in [3.63, 3.8) is 0 Å². The SMILES string of the molecule is CCOc1ccc([C@@H]2CCCN2CC(N)=O)cc1. The van der Waals surface area contributed by atoms with Crippen molar-refractivity contribution in [1.29, 1.82) is 0 Å². The second kappa shape index (κ2) is 5.87. The van der Waals surface area contributed by atoms with E-state index in [1.165, 1.54) is 5.56 Å². The van der Waals surface area contributed by atoms with Gasteiger partial charge < -0.3 is 10.5 Å². The van der Waals surface area contributed by atoms with Crippen molar-refractivity contribution in [3.8, 4) is 5.75 Å². The number of carbonyl (C=O) groups is 1. The number of hydrogen-bond acceptors (Lipinski definition) is 3. The van der Waals surface area contributed by atoms with Crippen molar-refractivity contribution < 1.29 is 9.53 Å². The van der Waals surface area contributed by atoms with Crippen molar-refractivity contribution in [1.82, 2.24) is 4.90 Å². The Bertz CT molecular complexity index is 403. The van der Waals surface area contributed by atoms with Crippen LogP contribution in [0.5, 0.6) is 5.75 Å². The van der Waals surface area contributed by atoms with E-state index in [0.29, 0.717) is 19.2 Å². The van der Waals surface area contributed by atoms with Gasteiger partial charge in [-0.15, -0.1) is 0 Å². The summed E-state index contributed by atoms with van der Waals surface area (Å²) in [5, 5.41) is 0. The van der Waals surface area contributed by atoms with Gasteiger partial charge in [0.25, 0.3) is 0 Å². The molecule has 2 rings (SSSR count). The minimum absolute atomic E-state index is 0.257. The van der Waals surface area contributed by atoms with Crippen molar-refractivity contribution in [2.24, 2.45) is 5.73 Å². The van der Waals surface area contributed by atoms with Gasteiger partial charge in [0.1, 0.15) is 5.75 Å². The first-order chi connectivity index (χ1) is 8.70. The molecular weight excluding hydrogens is 228 g/mol. The zero-order valence-electron chi connectivity index (χ0n) is 10.8. The average molecular weight is 248 g/mol. The van der Waals surface area contributed by atoms with Crippen LogP contribution in [0, 0.1) is 0 Å². The maximum absolute atomic E-state index is 11.0. The minimum Gasteiger partial charge on any atom is -0.494 e. The third kappa shape index (κ3) is 3.01. The van der Waals surface area contributed by atoms with Gasteiger partial charge in [-0.1, -0.05) is 12.1 Å². The van der Waals surface area contributed by atoms with Gasteiger partial charge in [-0.25, -0.2) is 0 Å². The van der Waals surface area contributed by atoms with E-state index in [-0.39, 0.29) is 5.91 Å². The molecule has 18 heavy (non-hydrogen) atoms. The van der Waals surface area contributed by atoms with E-state index in [9.17, 15) is 4.79 Å². The second-order valence-electron chi connectivity index (χ2n) is 4.60. The summed E-state index contributed by atoms with van der Waals surface area (Å²) in [6, 6.07) is 8.44. The van der Waals surface area contributed by atoms with Crippen molar-refractivity contribution >= 4 is 5.91 Å². The quantitative estimate of drug-likeness (QED) is 0.863. The molecule has 1 amide bonds.